The molecule has 0 spiro atoms. The van der Waals surface area contributed by atoms with Crippen LogP contribution in [0.5, 0.6) is 0 Å². The van der Waals surface area contributed by atoms with Crippen molar-refractivity contribution in [3.63, 3.8) is 0 Å². The zero-order valence-electron chi connectivity index (χ0n) is 14.5. The van der Waals surface area contributed by atoms with Gasteiger partial charge in [0.15, 0.2) is 0 Å². The Labute approximate surface area is 158 Å². The van der Waals surface area contributed by atoms with Crippen LogP contribution < -0.4 is 11.1 Å². The summed E-state index contributed by atoms with van der Waals surface area (Å²) in [6, 6.07) is 6.05. The minimum Gasteiger partial charge on any atom is -0.444 e. The average Bonchev–Trinajstić information content (AvgIpc) is 3.09. The van der Waals surface area contributed by atoms with Crippen LogP contribution in [0.4, 0.5) is 4.39 Å². The topological polar surface area (TPSA) is 84.4 Å². The van der Waals surface area contributed by atoms with Gasteiger partial charge in [-0.25, -0.2) is 9.37 Å². The minimum absolute atomic E-state index is 0. The largest absolute Gasteiger partial charge is 0.444 e. The molecule has 1 aliphatic rings. The molecule has 142 valence electrons. The quantitative estimate of drug-likeness (QED) is 0.800. The number of carbonyl (C=O) groups excluding carboxylic acids is 1. The fourth-order valence-corrected chi connectivity index (χ4v) is 3.09. The molecule has 0 saturated carbocycles. The fourth-order valence-electron chi connectivity index (χ4n) is 3.09. The van der Waals surface area contributed by atoms with Crippen LogP contribution in [-0.2, 0) is 11.3 Å². The molecule has 2 aromatic rings. The molecular formula is C18H24ClFN4O2. The molecule has 1 saturated heterocycles. The second-order valence-corrected chi connectivity index (χ2v) is 6.30. The molecule has 0 aliphatic carbocycles. The van der Waals surface area contributed by atoms with Crippen LogP contribution >= 0.6 is 12.4 Å². The summed E-state index contributed by atoms with van der Waals surface area (Å²) in [4.78, 5) is 18.8. The van der Waals surface area contributed by atoms with Gasteiger partial charge >= 0.3 is 0 Å². The van der Waals surface area contributed by atoms with E-state index in [-0.39, 0.29) is 30.0 Å². The summed E-state index contributed by atoms with van der Waals surface area (Å²) in [5.41, 5.74) is 6.98. The summed E-state index contributed by atoms with van der Waals surface area (Å²) >= 11 is 0. The lowest BCUT2D eigenvalue weighted by molar-refractivity contribution is -0.126. The number of hydrogen-bond acceptors (Lipinski definition) is 5. The number of piperidine rings is 1. The Bertz CT molecular complexity index is 707. The van der Waals surface area contributed by atoms with Gasteiger partial charge in [0.2, 0.25) is 11.8 Å². The van der Waals surface area contributed by atoms with Gasteiger partial charge in [-0.2, -0.15) is 0 Å². The normalized spacial score (nSPS) is 17.5. The molecule has 1 aliphatic heterocycles. The Balaban J connectivity index is 0.00000243. The van der Waals surface area contributed by atoms with Crippen molar-refractivity contribution in [1.29, 1.82) is 0 Å². The molecule has 8 heteroatoms. The number of halogens is 2. The third-order valence-corrected chi connectivity index (χ3v) is 4.35. The lowest BCUT2D eigenvalue weighted by Crippen LogP contribution is -2.43. The molecule has 1 atom stereocenters. The van der Waals surface area contributed by atoms with Gasteiger partial charge in [0.25, 0.3) is 0 Å². The molecule has 2 heterocycles. The smallest absolute Gasteiger partial charge is 0.226 e. The summed E-state index contributed by atoms with van der Waals surface area (Å²) < 4.78 is 18.5. The first-order chi connectivity index (χ1) is 12.2. The maximum atomic E-state index is 13.0. The van der Waals surface area contributed by atoms with Crippen molar-refractivity contribution in [3.8, 4) is 11.5 Å². The van der Waals surface area contributed by atoms with Gasteiger partial charge in [-0.15, -0.1) is 12.4 Å². The van der Waals surface area contributed by atoms with Crippen molar-refractivity contribution < 1.29 is 13.6 Å². The van der Waals surface area contributed by atoms with E-state index in [1.54, 1.807) is 18.4 Å². The molecule has 0 bridgehead atoms. The molecule has 0 radical (unpaired) electrons. The number of hydrogen-bond donors (Lipinski definition) is 2. The van der Waals surface area contributed by atoms with Crippen LogP contribution in [0.3, 0.4) is 0 Å². The lowest BCUT2D eigenvalue weighted by atomic mass is 9.97. The third kappa shape index (κ3) is 5.27. The Morgan fingerprint density at radius 1 is 1.38 bits per heavy atom. The van der Waals surface area contributed by atoms with E-state index in [4.69, 9.17) is 10.2 Å². The van der Waals surface area contributed by atoms with Gasteiger partial charge in [0.1, 0.15) is 12.1 Å². The Kier molecular flexibility index (Phi) is 7.56. The van der Waals surface area contributed by atoms with Gasteiger partial charge in [-0.1, -0.05) is 0 Å². The number of nitrogens with one attached hydrogen (secondary N) is 1. The maximum Gasteiger partial charge on any atom is 0.226 e. The summed E-state index contributed by atoms with van der Waals surface area (Å²) in [7, 11) is 0. The Morgan fingerprint density at radius 3 is 2.88 bits per heavy atom. The molecular weight excluding hydrogens is 359 g/mol. The van der Waals surface area contributed by atoms with Crippen molar-refractivity contribution in [2.75, 3.05) is 26.2 Å². The van der Waals surface area contributed by atoms with E-state index >= 15 is 0 Å². The molecule has 3 N–H and O–H groups in total. The summed E-state index contributed by atoms with van der Waals surface area (Å²) in [5.74, 6) is 0.248. The molecule has 26 heavy (non-hydrogen) atoms. The van der Waals surface area contributed by atoms with Crippen LogP contribution in [-0.4, -0.2) is 42.0 Å². The van der Waals surface area contributed by atoms with E-state index in [9.17, 15) is 9.18 Å². The number of nitrogens with two attached hydrogens (primary N) is 1. The highest BCUT2D eigenvalue weighted by Gasteiger charge is 2.26. The fraction of sp³-hybridized carbons (Fsp3) is 0.444. The van der Waals surface area contributed by atoms with Crippen LogP contribution in [0.15, 0.2) is 34.9 Å². The second kappa shape index (κ2) is 9.66. The van der Waals surface area contributed by atoms with E-state index in [2.05, 4.69) is 15.2 Å². The highest BCUT2D eigenvalue weighted by molar-refractivity contribution is 5.85. The molecule has 1 aromatic heterocycles. The van der Waals surface area contributed by atoms with Crippen LogP contribution in [0, 0.1) is 11.7 Å². The summed E-state index contributed by atoms with van der Waals surface area (Å²) in [6.45, 7) is 3.23. The molecule has 6 nitrogen and oxygen atoms in total. The maximum absolute atomic E-state index is 13.0. The van der Waals surface area contributed by atoms with Crippen LogP contribution in [0.1, 0.15) is 18.5 Å². The highest BCUT2D eigenvalue weighted by Crippen LogP contribution is 2.22. The van der Waals surface area contributed by atoms with E-state index < -0.39 is 0 Å². The minimum atomic E-state index is -0.289. The molecule has 1 amide bonds. The number of carbonyl (C=O) groups is 1. The van der Waals surface area contributed by atoms with E-state index in [0.717, 1.165) is 30.6 Å². The number of amides is 1. The van der Waals surface area contributed by atoms with Gasteiger partial charge in [0, 0.05) is 31.7 Å². The predicted molar refractivity (Wildman–Crippen MR) is 99.2 cm³/mol. The van der Waals surface area contributed by atoms with Crippen molar-refractivity contribution in [2.24, 2.45) is 11.7 Å². The van der Waals surface area contributed by atoms with Crippen molar-refractivity contribution >= 4 is 18.3 Å². The van der Waals surface area contributed by atoms with E-state index in [0.29, 0.717) is 32.1 Å². The first-order valence-corrected chi connectivity index (χ1v) is 8.56. The molecule has 1 fully saturated rings. The van der Waals surface area contributed by atoms with Crippen molar-refractivity contribution in [1.82, 2.24) is 15.2 Å². The van der Waals surface area contributed by atoms with Crippen molar-refractivity contribution in [2.45, 2.75) is 19.4 Å². The zero-order valence-corrected chi connectivity index (χ0v) is 15.3. The SMILES string of the molecule is Cl.NCCNC(=O)C1CCCN(Cc2coc(-c3ccc(F)cc3)n2)C1. The number of benzene rings is 1. The first kappa shape index (κ1) is 20.4. The Hall–Kier alpha value is -1.96. The summed E-state index contributed by atoms with van der Waals surface area (Å²) in [5, 5.41) is 2.86. The molecule has 1 aromatic carbocycles. The first-order valence-electron chi connectivity index (χ1n) is 8.56. The highest BCUT2D eigenvalue weighted by atomic mass is 35.5. The third-order valence-electron chi connectivity index (χ3n) is 4.35. The van der Waals surface area contributed by atoms with Gasteiger partial charge in [0.05, 0.1) is 11.6 Å². The lowest BCUT2D eigenvalue weighted by Gasteiger charge is -2.31. The predicted octanol–water partition coefficient (Wildman–Crippen LogP) is 2.19. The number of nitrogens with zero attached hydrogens (tertiary/aromatic N) is 2. The van der Waals surface area contributed by atoms with Crippen LogP contribution in [0.25, 0.3) is 11.5 Å². The number of aromatic nitrogens is 1. The number of likely N-dealkylation sites (tertiary alicyclic amines) is 1. The van der Waals surface area contributed by atoms with Crippen LogP contribution in [0.2, 0.25) is 0 Å². The van der Waals surface area contributed by atoms with Gasteiger partial charge < -0.3 is 15.5 Å². The molecule has 1 unspecified atom stereocenters. The van der Waals surface area contributed by atoms with Gasteiger partial charge in [-0.05, 0) is 43.7 Å². The average molecular weight is 383 g/mol. The number of oxazole rings is 1. The standard InChI is InChI=1S/C18H23FN4O2.ClH/c19-15-5-3-13(4-6-15)18-22-16(12-25-18)11-23-9-1-2-14(10-23)17(24)21-8-7-20;/h3-6,12,14H,1-2,7-11,20H2,(H,21,24);1H. The van der Waals surface area contributed by atoms with Crippen molar-refractivity contribution in [3.05, 3.63) is 42.0 Å². The Morgan fingerprint density at radius 2 is 2.15 bits per heavy atom. The monoisotopic (exact) mass is 382 g/mol. The molecule has 3 rings (SSSR count). The number of rotatable bonds is 6. The summed E-state index contributed by atoms with van der Waals surface area (Å²) in [6.07, 6.45) is 3.49. The van der Waals surface area contributed by atoms with Gasteiger partial charge in [-0.3, -0.25) is 9.69 Å². The second-order valence-electron chi connectivity index (χ2n) is 6.30. The zero-order chi connectivity index (χ0) is 17.6. The van der Waals surface area contributed by atoms with E-state index in [1.165, 1.54) is 12.1 Å². The van der Waals surface area contributed by atoms with E-state index in [1.807, 2.05) is 0 Å².